The second-order valence-corrected chi connectivity index (χ2v) is 6.23. The minimum atomic E-state index is -4.11. The van der Waals surface area contributed by atoms with Crippen LogP contribution in [0, 0.1) is 5.82 Å². The summed E-state index contributed by atoms with van der Waals surface area (Å²) in [5, 5.41) is 18.3. The summed E-state index contributed by atoms with van der Waals surface area (Å²) in [5.74, 6) is -0.987. The average molecular weight is 298 g/mol. The van der Waals surface area contributed by atoms with Gasteiger partial charge in [-0.1, -0.05) is 11.6 Å². The van der Waals surface area contributed by atoms with Gasteiger partial charge >= 0.3 is 0 Å². The Bertz CT molecular complexity index is 533. The molecule has 1 unspecified atom stereocenters. The van der Waals surface area contributed by atoms with Gasteiger partial charge in [0.25, 0.3) is 0 Å². The van der Waals surface area contributed by atoms with Crippen LogP contribution in [0.3, 0.4) is 0 Å². The first-order valence-electron chi connectivity index (χ1n) is 4.96. The van der Waals surface area contributed by atoms with E-state index < -0.39 is 39.5 Å². The minimum Gasteiger partial charge on any atom is -0.393 e. The summed E-state index contributed by atoms with van der Waals surface area (Å²) in [6.07, 6.45) is 0. The van der Waals surface area contributed by atoms with Crippen LogP contribution in [0.25, 0.3) is 0 Å². The van der Waals surface area contributed by atoms with Gasteiger partial charge in [-0.05, 0) is 25.1 Å². The van der Waals surface area contributed by atoms with Crippen LogP contribution in [0.15, 0.2) is 23.1 Å². The summed E-state index contributed by atoms with van der Waals surface area (Å²) in [6, 6.07) is 3.14. The first-order chi connectivity index (χ1) is 8.18. The second-order valence-electron chi connectivity index (χ2n) is 4.05. The van der Waals surface area contributed by atoms with Crippen molar-refractivity contribution in [2.24, 2.45) is 0 Å². The summed E-state index contributed by atoms with van der Waals surface area (Å²) in [5.41, 5.74) is -1.62. The van der Waals surface area contributed by atoms with E-state index >= 15 is 0 Å². The van der Waals surface area contributed by atoms with Crippen LogP contribution in [-0.2, 0) is 10.0 Å². The van der Waals surface area contributed by atoms with Crippen molar-refractivity contribution in [3.8, 4) is 0 Å². The number of benzene rings is 1. The van der Waals surface area contributed by atoms with Crippen molar-refractivity contribution >= 4 is 21.6 Å². The Morgan fingerprint density at radius 3 is 2.61 bits per heavy atom. The summed E-state index contributed by atoms with van der Waals surface area (Å²) < 4.78 is 38.9. The molecule has 5 nitrogen and oxygen atoms in total. The van der Waals surface area contributed by atoms with Gasteiger partial charge in [0.2, 0.25) is 10.0 Å². The molecule has 1 atom stereocenters. The standard InChI is InChI=1S/C10H13ClFNO4S/c1-10(15,6-14)5-13-18(16,17)9-3-2-7(11)4-8(9)12/h2-4,13-15H,5-6H2,1H3. The molecule has 0 saturated heterocycles. The maximum absolute atomic E-state index is 13.4. The molecule has 0 aliphatic carbocycles. The third-order valence-electron chi connectivity index (χ3n) is 2.17. The summed E-state index contributed by atoms with van der Waals surface area (Å²) in [4.78, 5) is -0.569. The largest absolute Gasteiger partial charge is 0.393 e. The van der Waals surface area contributed by atoms with Gasteiger partial charge in [-0.3, -0.25) is 0 Å². The smallest absolute Gasteiger partial charge is 0.243 e. The third-order valence-corrected chi connectivity index (χ3v) is 3.84. The number of sulfonamides is 1. The molecule has 18 heavy (non-hydrogen) atoms. The van der Waals surface area contributed by atoms with E-state index in [1.54, 1.807) is 0 Å². The Morgan fingerprint density at radius 1 is 1.50 bits per heavy atom. The van der Waals surface area contributed by atoms with Crippen molar-refractivity contribution in [3.05, 3.63) is 29.0 Å². The summed E-state index contributed by atoms with van der Waals surface area (Å²) in [6.45, 7) is 0.181. The molecular formula is C10H13ClFNO4S. The molecule has 0 bridgehead atoms. The highest BCUT2D eigenvalue weighted by atomic mass is 35.5. The number of nitrogens with one attached hydrogen (secondary N) is 1. The molecule has 8 heteroatoms. The molecule has 0 aliphatic rings. The Kier molecular flexibility index (Phi) is 4.68. The van der Waals surface area contributed by atoms with E-state index in [4.69, 9.17) is 16.7 Å². The molecule has 0 aliphatic heterocycles. The number of aliphatic hydroxyl groups is 2. The van der Waals surface area contributed by atoms with Crippen molar-refractivity contribution < 1.29 is 23.0 Å². The quantitative estimate of drug-likeness (QED) is 0.739. The number of hydrogen-bond acceptors (Lipinski definition) is 4. The number of aliphatic hydroxyl groups excluding tert-OH is 1. The van der Waals surface area contributed by atoms with Crippen LogP contribution >= 0.6 is 11.6 Å². The lowest BCUT2D eigenvalue weighted by molar-refractivity contribution is 0.00680. The Hall–Kier alpha value is -0.730. The first-order valence-corrected chi connectivity index (χ1v) is 6.82. The number of halogens is 2. The van der Waals surface area contributed by atoms with E-state index in [1.807, 2.05) is 4.72 Å². The van der Waals surface area contributed by atoms with Gasteiger partial charge in [-0.2, -0.15) is 0 Å². The average Bonchev–Trinajstić information content (AvgIpc) is 2.26. The maximum Gasteiger partial charge on any atom is 0.243 e. The lowest BCUT2D eigenvalue weighted by atomic mass is 10.1. The van der Waals surface area contributed by atoms with Gasteiger partial charge in [-0.25, -0.2) is 17.5 Å². The van der Waals surface area contributed by atoms with E-state index in [0.717, 1.165) is 12.1 Å². The fourth-order valence-electron chi connectivity index (χ4n) is 1.08. The SMILES string of the molecule is CC(O)(CO)CNS(=O)(=O)c1ccc(Cl)cc1F. The fourth-order valence-corrected chi connectivity index (χ4v) is 2.46. The Labute approximate surface area is 109 Å². The van der Waals surface area contributed by atoms with Crippen LogP contribution < -0.4 is 4.72 Å². The molecule has 102 valence electrons. The Balaban J connectivity index is 2.94. The fraction of sp³-hybridized carbons (Fsp3) is 0.400. The van der Waals surface area contributed by atoms with Crippen LogP contribution in [0.2, 0.25) is 5.02 Å². The highest BCUT2D eigenvalue weighted by Crippen LogP contribution is 2.19. The van der Waals surface area contributed by atoms with Crippen molar-refractivity contribution in [2.45, 2.75) is 17.4 Å². The van der Waals surface area contributed by atoms with Gasteiger partial charge in [0.15, 0.2) is 0 Å². The zero-order valence-electron chi connectivity index (χ0n) is 9.52. The monoisotopic (exact) mass is 297 g/mol. The van der Waals surface area contributed by atoms with Crippen molar-refractivity contribution in [2.75, 3.05) is 13.2 Å². The molecule has 1 aromatic carbocycles. The van der Waals surface area contributed by atoms with Gasteiger partial charge < -0.3 is 10.2 Å². The minimum absolute atomic E-state index is 0.0776. The molecular weight excluding hydrogens is 285 g/mol. The summed E-state index contributed by atoms with van der Waals surface area (Å²) in [7, 11) is -4.11. The molecule has 0 radical (unpaired) electrons. The lowest BCUT2D eigenvalue weighted by Crippen LogP contribution is -2.43. The third kappa shape index (κ3) is 3.89. The topological polar surface area (TPSA) is 86.6 Å². The highest BCUT2D eigenvalue weighted by molar-refractivity contribution is 7.89. The molecule has 0 heterocycles. The highest BCUT2D eigenvalue weighted by Gasteiger charge is 2.25. The number of hydrogen-bond donors (Lipinski definition) is 3. The first kappa shape index (κ1) is 15.3. The summed E-state index contributed by atoms with van der Waals surface area (Å²) >= 11 is 5.51. The molecule has 0 aromatic heterocycles. The van der Waals surface area contributed by atoms with Gasteiger partial charge in [0.05, 0.1) is 12.2 Å². The molecule has 3 N–H and O–H groups in total. The predicted octanol–water partition coefficient (Wildman–Crippen LogP) is 0.501. The van der Waals surface area contributed by atoms with Crippen molar-refractivity contribution in [3.63, 3.8) is 0 Å². The molecule has 0 fully saturated rings. The Morgan fingerprint density at radius 2 is 2.11 bits per heavy atom. The predicted molar refractivity (Wildman–Crippen MR) is 64.3 cm³/mol. The van der Waals surface area contributed by atoms with Gasteiger partial charge in [-0.15, -0.1) is 0 Å². The van der Waals surface area contributed by atoms with Crippen molar-refractivity contribution in [1.82, 2.24) is 4.72 Å². The van der Waals surface area contributed by atoms with Crippen molar-refractivity contribution in [1.29, 1.82) is 0 Å². The van der Waals surface area contributed by atoms with Crippen LogP contribution in [-0.4, -0.2) is 37.4 Å². The van der Waals surface area contributed by atoms with Crippen LogP contribution in [0.4, 0.5) is 4.39 Å². The normalized spacial score (nSPS) is 15.4. The molecule has 1 rings (SSSR count). The molecule has 1 aromatic rings. The zero-order valence-corrected chi connectivity index (χ0v) is 11.1. The van der Waals surface area contributed by atoms with Gasteiger partial charge in [0, 0.05) is 11.6 Å². The van der Waals surface area contributed by atoms with Crippen LogP contribution in [0.1, 0.15) is 6.92 Å². The van der Waals surface area contributed by atoms with E-state index in [-0.39, 0.29) is 5.02 Å². The van der Waals surface area contributed by atoms with E-state index in [1.165, 1.54) is 13.0 Å². The van der Waals surface area contributed by atoms with Crippen LogP contribution in [0.5, 0.6) is 0 Å². The molecule has 0 spiro atoms. The second kappa shape index (κ2) is 5.50. The maximum atomic E-state index is 13.4. The van der Waals surface area contributed by atoms with E-state index in [0.29, 0.717) is 0 Å². The lowest BCUT2D eigenvalue weighted by Gasteiger charge is -2.20. The van der Waals surface area contributed by atoms with E-state index in [2.05, 4.69) is 0 Å². The molecule has 0 amide bonds. The van der Waals surface area contributed by atoms with E-state index in [9.17, 15) is 17.9 Å². The number of rotatable bonds is 5. The van der Waals surface area contributed by atoms with Gasteiger partial charge in [0.1, 0.15) is 10.7 Å². The molecule has 0 saturated carbocycles. The zero-order chi connectivity index (χ0) is 14.0.